The normalized spacial score (nSPS) is 15.0. The summed E-state index contributed by atoms with van der Waals surface area (Å²) < 4.78 is 13.2. The molecule has 1 aromatic heterocycles. The highest BCUT2D eigenvalue weighted by atomic mass is 32.1. The topological polar surface area (TPSA) is 69.9 Å². The van der Waals surface area contributed by atoms with Crippen molar-refractivity contribution in [1.82, 2.24) is 4.57 Å². The highest BCUT2D eigenvalue weighted by Gasteiger charge is 2.35. The standard InChI is InChI=1S/C31H26N2O4S/c1-3-18-37-24-17-11-12-21(19-24)20-25-29(34)33-28(23-15-9-6-10-16-23)26(30(35)36-4-2)27(32-31(33)38-25)22-13-7-5-8-14-22/h3,5-17,19-20,28H,1,4,18H2,2H3/b25-20-/t28-/m0/s1. The molecule has 5 rings (SSSR count). The smallest absolute Gasteiger partial charge is 0.338 e. The van der Waals surface area contributed by atoms with Crippen LogP contribution in [-0.2, 0) is 9.53 Å². The SMILES string of the molecule is C=CCOc1cccc(/C=c2\sc3n(c2=O)[C@@H](c2ccccc2)C(C(=O)OCC)=C(c2ccccc2)N=3)c1. The number of ether oxygens (including phenoxy) is 2. The van der Waals surface area contributed by atoms with Crippen LogP contribution in [0.25, 0.3) is 11.8 Å². The van der Waals surface area contributed by atoms with E-state index >= 15 is 0 Å². The zero-order valence-electron chi connectivity index (χ0n) is 20.9. The first-order chi connectivity index (χ1) is 18.6. The van der Waals surface area contributed by atoms with Crippen molar-refractivity contribution >= 4 is 29.1 Å². The third-order valence-electron chi connectivity index (χ3n) is 6.01. The summed E-state index contributed by atoms with van der Waals surface area (Å²) in [5, 5.41) is 0. The first-order valence-corrected chi connectivity index (χ1v) is 13.1. The van der Waals surface area contributed by atoms with E-state index in [4.69, 9.17) is 14.5 Å². The number of benzene rings is 3. The van der Waals surface area contributed by atoms with Gasteiger partial charge in [0.25, 0.3) is 5.56 Å². The molecule has 0 amide bonds. The summed E-state index contributed by atoms with van der Waals surface area (Å²) in [6, 6.07) is 25.9. The molecular formula is C31H26N2O4S. The van der Waals surface area contributed by atoms with Crippen molar-refractivity contribution in [2.45, 2.75) is 13.0 Å². The van der Waals surface area contributed by atoms with Gasteiger partial charge in [0.2, 0.25) is 0 Å². The average molecular weight is 523 g/mol. The number of thiazole rings is 1. The molecule has 38 heavy (non-hydrogen) atoms. The molecule has 0 fully saturated rings. The van der Waals surface area contributed by atoms with Crippen LogP contribution in [0, 0.1) is 0 Å². The van der Waals surface area contributed by atoms with Gasteiger partial charge in [-0.2, -0.15) is 0 Å². The number of nitrogens with zero attached hydrogens (tertiary/aromatic N) is 2. The molecule has 7 heteroatoms. The van der Waals surface area contributed by atoms with E-state index in [-0.39, 0.29) is 12.2 Å². The van der Waals surface area contributed by atoms with Crippen molar-refractivity contribution in [3.63, 3.8) is 0 Å². The number of carbonyl (C=O) groups is 1. The number of rotatable bonds is 8. The molecular weight excluding hydrogens is 496 g/mol. The highest BCUT2D eigenvalue weighted by Crippen LogP contribution is 2.35. The van der Waals surface area contributed by atoms with Crippen LogP contribution in [0.15, 0.2) is 113 Å². The maximum absolute atomic E-state index is 13.9. The number of fused-ring (bicyclic) bond motifs is 1. The Morgan fingerprint density at radius 2 is 1.79 bits per heavy atom. The van der Waals surface area contributed by atoms with Crippen molar-refractivity contribution in [1.29, 1.82) is 0 Å². The van der Waals surface area contributed by atoms with Gasteiger partial charge in [-0.1, -0.05) is 96.8 Å². The second-order valence-electron chi connectivity index (χ2n) is 8.51. The van der Waals surface area contributed by atoms with Gasteiger partial charge in [-0.15, -0.1) is 0 Å². The van der Waals surface area contributed by atoms with Crippen molar-refractivity contribution in [3.05, 3.63) is 140 Å². The van der Waals surface area contributed by atoms with Crippen molar-refractivity contribution in [2.24, 2.45) is 4.99 Å². The lowest BCUT2D eigenvalue weighted by atomic mass is 9.93. The Bertz CT molecular complexity index is 1690. The largest absolute Gasteiger partial charge is 0.490 e. The molecule has 4 aromatic rings. The molecule has 3 aromatic carbocycles. The van der Waals surface area contributed by atoms with Gasteiger partial charge in [0, 0.05) is 5.56 Å². The maximum atomic E-state index is 13.9. The number of esters is 1. The van der Waals surface area contributed by atoms with Gasteiger partial charge in [0.15, 0.2) is 4.80 Å². The Morgan fingerprint density at radius 3 is 2.50 bits per heavy atom. The fourth-order valence-corrected chi connectivity index (χ4v) is 5.39. The van der Waals surface area contributed by atoms with E-state index in [1.165, 1.54) is 11.3 Å². The van der Waals surface area contributed by atoms with E-state index in [0.29, 0.717) is 33.0 Å². The van der Waals surface area contributed by atoms with Gasteiger partial charge in [-0.3, -0.25) is 9.36 Å². The third kappa shape index (κ3) is 5.01. The summed E-state index contributed by atoms with van der Waals surface area (Å²) in [7, 11) is 0. The van der Waals surface area contributed by atoms with E-state index in [0.717, 1.165) is 16.7 Å². The van der Waals surface area contributed by atoms with Gasteiger partial charge >= 0.3 is 5.97 Å². The van der Waals surface area contributed by atoms with E-state index in [1.807, 2.05) is 91.0 Å². The zero-order chi connectivity index (χ0) is 26.5. The van der Waals surface area contributed by atoms with Crippen molar-refractivity contribution in [2.75, 3.05) is 13.2 Å². The number of carbonyl (C=O) groups excluding carboxylic acids is 1. The fourth-order valence-electron chi connectivity index (χ4n) is 4.39. The minimum Gasteiger partial charge on any atom is -0.490 e. The second kappa shape index (κ2) is 11.3. The van der Waals surface area contributed by atoms with Gasteiger partial charge in [-0.05, 0) is 36.3 Å². The number of hydrogen-bond donors (Lipinski definition) is 0. The summed E-state index contributed by atoms with van der Waals surface area (Å²) >= 11 is 1.29. The summed E-state index contributed by atoms with van der Waals surface area (Å²) in [4.78, 5) is 32.7. The number of aromatic nitrogens is 1. The molecule has 0 bridgehead atoms. The maximum Gasteiger partial charge on any atom is 0.338 e. The van der Waals surface area contributed by atoms with E-state index < -0.39 is 12.0 Å². The van der Waals surface area contributed by atoms with Crippen molar-refractivity contribution in [3.8, 4) is 5.75 Å². The third-order valence-corrected chi connectivity index (χ3v) is 7.00. The second-order valence-corrected chi connectivity index (χ2v) is 9.52. The van der Waals surface area contributed by atoms with Crippen LogP contribution in [0.3, 0.4) is 0 Å². The average Bonchev–Trinajstić information content (AvgIpc) is 3.26. The quantitative estimate of drug-likeness (QED) is 0.252. The van der Waals surface area contributed by atoms with Crippen LogP contribution in [0.2, 0.25) is 0 Å². The van der Waals surface area contributed by atoms with E-state index in [9.17, 15) is 9.59 Å². The zero-order valence-corrected chi connectivity index (χ0v) is 21.7. The molecule has 1 atom stereocenters. The summed E-state index contributed by atoms with van der Waals surface area (Å²) in [5.74, 6) is 0.190. The summed E-state index contributed by atoms with van der Waals surface area (Å²) in [5.41, 5.74) is 3.01. The number of hydrogen-bond acceptors (Lipinski definition) is 6. The lowest BCUT2D eigenvalue weighted by molar-refractivity contribution is -0.138. The Morgan fingerprint density at radius 1 is 1.05 bits per heavy atom. The predicted molar refractivity (Wildman–Crippen MR) is 150 cm³/mol. The van der Waals surface area contributed by atoms with E-state index in [2.05, 4.69) is 6.58 Å². The Kier molecular flexibility index (Phi) is 7.47. The summed E-state index contributed by atoms with van der Waals surface area (Å²) in [6.07, 6.45) is 3.50. The minimum atomic E-state index is -0.689. The molecule has 0 N–H and O–H groups in total. The van der Waals surface area contributed by atoms with Crippen LogP contribution in [0.4, 0.5) is 0 Å². The molecule has 1 aliphatic heterocycles. The molecule has 6 nitrogen and oxygen atoms in total. The molecule has 0 unspecified atom stereocenters. The first kappa shape index (κ1) is 25.2. The van der Waals surface area contributed by atoms with Crippen LogP contribution in [0.5, 0.6) is 5.75 Å². The lowest BCUT2D eigenvalue weighted by Crippen LogP contribution is -2.39. The molecule has 0 saturated heterocycles. The van der Waals surface area contributed by atoms with Crippen LogP contribution >= 0.6 is 11.3 Å². The van der Waals surface area contributed by atoms with Gasteiger partial charge in [0.05, 0.1) is 28.5 Å². The monoisotopic (exact) mass is 522 g/mol. The van der Waals surface area contributed by atoms with E-state index in [1.54, 1.807) is 17.6 Å². The highest BCUT2D eigenvalue weighted by molar-refractivity contribution is 7.07. The predicted octanol–water partition coefficient (Wildman–Crippen LogP) is 4.50. The van der Waals surface area contributed by atoms with Crippen LogP contribution < -0.4 is 19.6 Å². The lowest BCUT2D eigenvalue weighted by Gasteiger charge is -2.25. The Balaban J connectivity index is 1.76. The van der Waals surface area contributed by atoms with Crippen molar-refractivity contribution < 1.29 is 14.3 Å². The molecule has 0 spiro atoms. The van der Waals surface area contributed by atoms with Gasteiger partial charge in [-0.25, -0.2) is 9.79 Å². The van der Waals surface area contributed by atoms with Crippen LogP contribution in [0.1, 0.15) is 29.7 Å². The Labute approximate surface area is 224 Å². The molecule has 190 valence electrons. The minimum absolute atomic E-state index is 0.209. The molecule has 0 saturated carbocycles. The Hall–Kier alpha value is -4.49. The first-order valence-electron chi connectivity index (χ1n) is 12.3. The van der Waals surface area contributed by atoms with Gasteiger partial charge in [0.1, 0.15) is 12.4 Å². The van der Waals surface area contributed by atoms with Gasteiger partial charge < -0.3 is 9.47 Å². The fraction of sp³-hybridized carbons (Fsp3) is 0.129. The molecule has 1 aliphatic rings. The van der Waals surface area contributed by atoms with Crippen LogP contribution in [-0.4, -0.2) is 23.8 Å². The molecule has 0 radical (unpaired) electrons. The molecule has 0 aliphatic carbocycles. The molecule has 2 heterocycles. The summed E-state index contributed by atoms with van der Waals surface area (Å²) in [6.45, 7) is 6.05.